The summed E-state index contributed by atoms with van der Waals surface area (Å²) in [6, 6.07) is 0.515. The molecule has 0 bridgehead atoms. The van der Waals surface area contributed by atoms with E-state index in [0.717, 1.165) is 18.9 Å². The minimum absolute atomic E-state index is 0.0936. The fourth-order valence-electron chi connectivity index (χ4n) is 2.82. The zero-order valence-corrected chi connectivity index (χ0v) is 13.3. The molecule has 0 aliphatic heterocycles. The van der Waals surface area contributed by atoms with Crippen LogP contribution in [0.25, 0.3) is 0 Å². The highest BCUT2D eigenvalue weighted by Gasteiger charge is 2.39. The lowest BCUT2D eigenvalue weighted by Crippen LogP contribution is -2.53. The molecule has 4 heteroatoms. The Morgan fingerprint density at radius 2 is 2.05 bits per heavy atom. The predicted molar refractivity (Wildman–Crippen MR) is 80.7 cm³/mol. The van der Waals surface area contributed by atoms with Crippen molar-refractivity contribution in [3.63, 3.8) is 0 Å². The van der Waals surface area contributed by atoms with Gasteiger partial charge in [-0.3, -0.25) is 10.1 Å². The number of nitrogens with zero attached hydrogens (tertiary/aromatic N) is 1. The summed E-state index contributed by atoms with van der Waals surface area (Å²) in [6.45, 7) is 6.45. The number of nitrogens with one attached hydrogen (secondary N) is 1. The number of esters is 1. The molecule has 2 fully saturated rings. The second-order valence-electron chi connectivity index (χ2n) is 6.78. The van der Waals surface area contributed by atoms with Gasteiger partial charge in [0.05, 0.1) is 6.61 Å². The highest BCUT2D eigenvalue weighted by molar-refractivity contribution is 5.80. The van der Waals surface area contributed by atoms with Crippen molar-refractivity contribution in [3.05, 3.63) is 0 Å². The molecule has 0 aromatic carbocycles. The van der Waals surface area contributed by atoms with Crippen LogP contribution in [-0.2, 0) is 9.53 Å². The van der Waals surface area contributed by atoms with Crippen LogP contribution in [0.2, 0.25) is 0 Å². The molecule has 0 aromatic rings. The SMILES string of the molecule is CCOC(=O)C(C)(CCN(C)CC1CCC1)NC1CC1. The molecule has 0 spiro atoms. The molecule has 116 valence electrons. The Labute approximate surface area is 123 Å². The Hall–Kier alpha value is -0.610. The second kappa shape index (κ2) is 6.90. The molecule has 0 amide bonds. The molecule has 1 atom stereocenters. The minimum atomic E-state index is -0.523. The fourth-order valence-corrected chi connectivity index (χ4v) is 2.82. The summed E-state index contributed by atoms with van der Waals surface area (Å²) in [6.07, 6.45) is 7.34. The Bertz CT molecular complexity index is 326. The number of hydrogen-bond donors (Lipinski definition) is 1. The normalized spacial score (nSPS) is 22.4. The van der Waals surface area contributed by atoms with Gasteiger partial charge in [0.2, 0.25) is 0 Å². The smallest absolute Gasteiger partial charge is 0.326 e. The van der Waals surface area contributed by atoms with Gasteiger partial charge in [-0.1, -0.05) is 6.42 Å². The van der Waals surface area contributed by atoms with Crippen LogP contribution in [0.15, 0.2) is 0 Å². The lowest BCUT2D eigenvalue weighted by Gasteiger charge is -2.33. The fraction of sp³-hybridized carbons (Fsp3) is 0.938. The van der Waals surface area contributed by atoms with E-state index in [1.54, 1.807) is 0 Å². The summed E-state index contributed by atoms with van der Waals surface area (Å²) < 4.78 is 5.26. The first-order chi connectivity index (χ1) is 9.53. The van der Waals surface area contributed by atoms with Gasteiger partial charge in [-0.2, -0.15) is 0 Å². The first-order valence-electron chi connectivity index (χ1n) is 8.17. The van der Waals surface area contributed by atoms with Crippen molar-refractivity contribution in [1.29, 1.82) is 0 Å². The molecule has 0 aromatic heterocycles. The molecular formula is C16H30N2O2. The lowest BCUT2D eigenvalue weighted by molar-refractivity contribution is -0.151. The van der Waals surface area contributed by atoms with Crippen molar-refractivity contribution >= 4 is 5.97 Å². The van der Waals surface area contributed by atoms with Crippen molar-refractivity contribution in [2.24, 2.45) is 5.92 Å². The average molecular weight is 282 g/mol. The highest BCUT2D eigenvalue weighted by Crippen LogP contribution is 2.28. The summed E-state index contributed by atoms with van der Waals surface area (Å²) in [4.78, 5) is 14.6. The van der Waals surface area contributed by atoms with Gasteiger partial charge in [0.15, 0.2) is 0 Å². The number of ether oxygens (including phenoxy) is 1. The summed E-state index contributed by atoms with van der Waals surface area (Å²) in [5.41, 5.74) is -0.523. The first-order valence-corrected chi connectivity index (χ1v) is 8.17. The molecule has 20 heavy (non-hydrogen) atoms. The molecule has 4 nitrogen and oxygen atoms in total. The minimum Gasteiger partial charge on any atom is -0.465 e. The van der Waals surface area contributed by atoms with E-state index in [1.807, 2.05) is 13.8 Å². The van der Waals surface area contributed by atoms with Crippen LogP contribution in [0.5, 0.6) is 0 Å². The van der Waals surface area contributed by atoms with Gasteiger partial charge in [-0.05, 0) is 58.9 Å². The first kappa shape index (κ1) is 15.8. The molecule has 1 N–H and O–H groups in total. The van der Waals surface area contributed by atoms with E-state index in [1.165, 1.54) is 38.6 Å². The van der Waals surface area contributed by atoms with E-state index in [-0.39, 0.29) is 5.97 Å². The third-order valence-corrected chi connectivity index (χ3v) is 4.61. The average Bonchev–Trinajstić information content (AvgIpc) is 3.15. The standard InChI is InChI=1S/C16H30N2O2/c1-4-20-15(19)16(2,17-14-8-9-14)10-11-18(3)12-13-6-5-7-13/h13-14,17H,4-12H2,1-3H3. The zero-order chi connectivity index (χ0) is 14.6. The van der Waals surface area contributed by atoms with Crippen molar-refractivity contribution in [3.8, 4) is 0 Å². The van der Waals surface area contributed by atoms with E-state index < -0.39 is 5.54 Å². The maximum absolute atomic E-state index is 12.2. The summed E-state index contributed by atoms with van der Waals surface area (Å²) in [5, 5.41) is 3.49. The highest BCUT2D eigenvalue weighted by atomic mass is 16.5. The molecule has 2 aliphatic rings. The molecule has 2 aliphatic carbocycles. The Kier molecular flexibility index (Phi) is 5.44. The molecule has 0 heterocycles. The maximum Gasteiger partial charge on any atom is 0.326 e. The Morgan fingerprint density at radius 1 is 1.35 bits per heavy atom. The topological polar surface area (TPSA) is 41.6 Å². The lowest BCUT2D eigenvalue weighted by atomic mass is 9.85. The van der Waals surface area contributed by atoms with Crippen molar-refractivity contribution in [2.45, 2.75) is 64.0 Å². The van der Waals surface area contributed by atoms with Crippen molar-refractivity contribution in [1.82, 2.24) is 10.2 Å². The van der Waals surface area contributed by atoms with E-state index in [2.05, 4.69) is 17.3 Å². The Balaban J connectivity index is 1.80. The van der Waals surface area contributed by atoms with Crippen molar-refractivity contribution in [2.75, 3.05) is 26.7 Å². The number of rotatable bonds is 9. The van der Waals surface area contributed by atoms with E-state index in [0.29, 0.717) is 12.6 Å². The molecule has 1 unspecified atom stereocenters. The summed E-state index contributed by atoms with van der Waals surface area (Å²) in [5.74, 6) is 0.786. The van der Waals surface area contributed by atoms with Crippen LogP contribution < -0.4 is 5.32 Å². The summed E-state index contributed by atoms with van der Waals surface area (Å²) >= 11 is 0. The van der Waals surface area contributed by atoms with Crippen LogP contribution in [-0.4, -0.2) is 49.2 Å². The zero-order valence-electron chi connectivity index (χ0n) is 13.3. The van der Waals surface area contributed by atoms with Crippen LogP contribution >= 0.6 is 0 Å². The monoisotopic (exact) mass is 282 g/mol. The number of carbonyl (C=O) groups excluding carboxylic acids is 1. The third kappa shape index (κ3) is 4.45. The van der Waals surface area contributed by atoms with Gasteiger partial charge in [0, 0.05) is 19.1 Å². The van der Waals surface area contributed by atoms with Crippen LogP contribution in [0.1, 0.15) is 52.4 Å². The number of hydrogen-bond acceptors (Lipinski definition) is 4. The quantitative estimate of drug-likeness (QED) is 0.658. The van der Waals surface area contributed by atoms with Crippen LogP contribution in [0.3, 0.4) is 0 Å². The molecule has 2 saturated carbocycles. The van der Waals surface area contributed by atoms with E-state index in [9.17, 15) is 4.79 Å². The second-order valence-corrected chi connectivity index (χ2v) is 6.78. The molecular weight excluding hydrogens is 252 g/mol. The van der Waals surface area contributed by atoms with E-state index in [4.69, 9.17) is 4.74 Å². The van der Waals surface area contributed by atoms with Gasteiger partial charge >= 0.3 is 5.97 Å². The van der Waals surface area contributed by atoms with Gasteiger partial charge in [0.1, 0.15) is 5.54 Å². The number of carbonyl (C=O) groups is 1. The van der Waals surface area contributed by atoms with E-state index >= 15 is 0 Å². The predicted octanol–water partition coefficient (Wildman–Crippen LogP) is 2.18. The third-order valence-electron chi connectivity index (χ3n) is 4.61. The maximum atomic E-state index is 12.2. The van der Waals surface area contributed by atoms with Crippen molar-refractivity contribution < 1.29 is 9.53 Å². The van der Waals surface area contributed by atoms with Gasteiger partial charge < -0.3 is 9.64 Å². The van der Waals surface area contributed by atoms with Gasteiger partial charge in [-0.25, -0.2) is 0 Å². The molecule has 2 rings (SSSR count). The van der Waals surface area contributed by atoms with Gasteiger partial charge in [0.25, 0.3) is 0 Å². The van der Waals surface area contributed by atoms with Crippen LogP contribution in [0, 0.1) is 5.92 Å². The largest absolute Gasteiger partial charge is 0.465 e. The van der Waals surface area contributed by atoms with Crippen LogP contribution in [0.4, 0.5) is 0 Å². The molecule has 0 saturated heterocycles. The summed E-state index contributed by atoms with van der Waals surface area (Å²) in [7, 11) is 2.17. The Morgan fingerprint density at radius 3 is 2.55 bits per heavy atom. The van der Waals surface area contributed by atoms with Gasteiger partial charge in [-0.15, -0.1) is 0 Å². The molecule has 0 radical (unpaired) electrons.